The summed E-state index contributed by atoms with van der Waals surface area (Å²) in [5.74, 6) is 3.28. The third-order valence-corrected chi connectivity index (χ3v) is 4.50. The Hall–Kier alpha value is -1.54. The predicted octanol–water partition coefficient (Wildman–Crippen LogP) is 4.00. The van der Waals surface area contributed by atoms with Crippen molar-refractivity contribution in [1.82, 2.24) is 4.90 Å². The minimum Gasteiger partial charge on any atom is -0.444 e. The molecule has 0 bridgehead atoms. The van der Waals surface area contributed by atoms with Crippen molar-refractivity contribution in [3.63, 3.8) is 0 Å². The maximum Gasteiger partial charge on any atom is 0.410 e. The van der Waals surface area contributed by atoms with E-state index in [-0.39, 0.29) is 12.1 Å². The lowest BCUT2D eigenvalue weighted by Gasteiger charge is -2.28. The highest BCUT2D eigenvalue weighted by Crippen LogP contribution is 2.26. The summed E-state index contributed by atoms with van der Waals surface area (Å²) in [5, 5.41) is 0. The molecule has 0 aromatic heterocycles. The molecule has 2 rings (SSSR count). The van der Waals surface area contributed by atoms with E-state index in [9.17, 15) is 4.79 Å². The maximum atomic E-state index is 12.4. The number of rotatable bonds is 1. The summed E-state index contributed by atoms with van der Waals surface area (Å²) in [5.41, 5.74) is 5.03. The first-order chi connectivity index (χ1) is 10.6. The molecule has 23 heavy (non-hydrogen) atoms. The summed E-state index contributed by atoms with van der Waals surface area (Å²) in [4.78, 5) is 18.7. The standard InChI is InChI=1S/C18H28N2O2Si/c1-18(2,3)22-17(21)20-10-7-8-16(20)15-12-14(13-19-15)9-11-23(4,5)6/h13,16H,7-8,10,12H2,1-6H3. The first-order valence-electron chi connectivity index (χ1n) is 8.33. The van der Waals surface area contributed by atoms with Gasteiger partial charge in [0.25, 0.3) is 0 Å². The van der Waals surface area contributed by atoms with Crippen molar-refractivity contribution in [2.75, 3.05) is 6.54 Å². The number of hydrogen-bond acceptors (Lipinski definition) is 3. The number of ether oxygens (including phenoxy) is 1. The number of nitrogens with zero attached hydrogens (tertiary/aromatic N) is 2. The fourth-order valence-electron chi connectivity index (χ4n) is 2.65. The molecule has 1 saturated heterocycles. The minimum absolute atomic E-state index is 0.0623. The SMILES string of the molecule is CC(C)(C)OC(=O)N1CCCC1C1=NC=C(C#C[Si](C)(C)C)C1. The zero-order valence-electron chi connectivity index (χ0n) is 15.2. The molecule has 0 aromatic rings. The van der Waals surface area contributed by atoms with E-state index in [1.165, 1.54) is 0 Å². The number of likely N-dealkylation sites (tertiary alicyclic amines) is 1. The normalized spacial score (nSPS) is 21.5. The molecule has 2 heterocycles. The molecule has 0 aliphatic carbocycles. The topological polar surface area (TPSA) is 41.9 Å². The maximum absolute atomic E-state index is 12.4. The Kier molecular flexibility index (Phi) is 5.05. The Labute approximate surface area is 141 Å². The van der Waals surface area contributed by atoms with Crippen molar-refractivity contribution in [2.24, 2.45) is 4.99 Å². The Morgan fingerprint density at radius 1 is 1.39 bits per heavy atom. The number of allylic oxidation sites excluding steroid dienone is 1. The molecule has 5 heteroatoms. The quantitative estimate of drug-likeness (QED) is 0.538. The van der Waals surface area contributed by atoms with Crippen molar-refractivity contribution in [2.45, 2.75) is 71.3 Å². The molecular formula is C18H28N2O2Si. The highest BCUT2D eigenvalue weighted by atomic mass is 28.3. The van der Waals surface area contributed by atoms with Crippen molar-refractivity contribution in [1.29, 1.82) is 0 Å². The largest absolute Gasteiger partial charge is 0.444 e. The molecular weight excluding hydrogens is 304 g/mol. The van der Waals surface area contributed by atoms with Crippen LogP contribution in [-0.2, 0) is 4.74 Å². The molecule has 0 spiro atoms. The first kappa shape index (κ1) is 17.8. The number of aliphatic imine (C=N–C) groups is 1. The van der Waals surface area contributed by atoms with Crippen LogP contribution in [-0.4, -0.2) is 43.0 Å². The van der Waals surface area contributed by atoms with Crippen molar-refractivity contribution in [3.8, 4) is 11.5 Å². The number of carbonyl (C=O) groups is 1. The molecule has 0 radical (unpaired) electrons. The van der Waals surface area contributed by atoms with Gasteiger partial charge < -0.3 is 4.74 Å². The van der Waals surface area contributed by atoms with Crippen LogP contribution in [0.5, 0.6) is 0 Å². The first-order valence-corrected chi connectivity index (χ1v) is 11.8. The number of amides is 1. The second-order valence-corrected chi connectivity index (χ2v) is 13.0. The summed E-state index contributed by atoms with van der Waals surface area (Å²) in [6.07, 6.45) is 4.36. The summed E-state index contributed by atoms with van der Waals surface area (Å²) >= 11 is 0. The van der Waals surface area contributed by atoms with Gasteiger partial charge in [0.05, 0.1) is 6.04 Å². The van der Waals surface area contributed by atoms with Gasteiger partial charge in [-0.25, -0.2) is 4.79 Å². The van der Waals surface area contributed by atoms with Crippen molar-refractivity contribution in [3.05, 3.63) is 11.8 Å². The van der Waals surface area contributed by atoms with Gasteiger partial charge >= 0.3 is 6.09 Å². The third kappa shape index (κ3) is 5.24. The molecule has 126 valence electrons. The lowest BCUT2D eigenvalue weighted by atomic mass is 10.0. The molecule has 0 N–H and O–H groups in total. The Morgan fingerprint density at radius 3 is 2.70 bits per heavy atom. The van der Waals surface area contributed by atoms with Gasteiger partial charge in [-0.15, -0.1) is 5.54 Å². The average Bonchev–Trinajstić information content (AvgIpc) is 3.02. The van der Waals surface area contributed by atoms with Gasteiger partial charge in [-0.2, -0.15) is 0 Å². The van der Waals surface area contributed by atoms with Gasteiger partial charge in [0, 0.05) is 30.5 Å². The van der Waals surface area contributed by atoms with Crippen LogP contribution in [0.1, 0.15) is 40.0 Å². The van der Waals surface area contributed by atoms with Crippen LogP contribution in [0.3, 0.4) is 0 Å². The summed E-state index contributed by atoms with van der Waals surface area (Å²) in [6, 6.07) is 0.0623. The van der Waals surface area contributed by atoms with Gasteiger partial charge in [0.15, 0.2) is 0 Å². The molecule has 1 fully saturated rings. The molecule has 0 aromatic carbocycles. The molecule has 1 amide bonds. The zero-order valence-corrected chi connectivity index (χ0v) is 16.2. The monoisotopic (exact) mass is 332 g/mol. The Balaban J connectivity index is 2.00. The van der Waals surface area contributed by atoms with E-state index in [4.69, 9.17) is 4.74 Å². The summed E-state index contributed by atoms with van der Waals surface area (Å²) in [6.45, 7) is 13.1. The van der Waals surface area contributed by atoms with Gasteiger partial charge in [-0.1, -0.05) is 25.6 Å². The molecule has 4 nitrogen and oxygen atoms in total. The minimum atomic E-state index is -1.37. The van der Waals surface area contributed by atoms with Crippen LogP contribution >= 0.6 is 0 Å². The fourth-order valence-corrected chi connectivity index (χ4v) is 3.18. The Morgan fingerprint density at radius 2 is 2.09 bits per heavy atom. The van der Waals surface area contributed by atoms with Crippen molar-refractivity contribution >= 4 is 19.9 Å². The molecule has 2 aliphatic rings. The number of hydrogen-bond donors (Lipinski definition) is 0. The lowest BCUT2D eigenvalue weighted by molar-refractivity contribution is 0.0265. The van der Waals surface area contributed by atoms with Gasteiger partial charge in [0.1, 0.15) is 13.7 Å². The predicted molar refractivity (Wildman–Crippen MR) is 97.2 cm³/mol. The molecule has 2 aliphatic heterocycles. The molecule has 1 unspecified atom stereocenters. The van der Waals surface area contributed by atoms with E-state index < -0.39 is 13.7 Å². The van der Waals surface area contributed by atoms with Crippen LogP contribution in [0.25, 0.3) is 0 Å². The van der Waals surface area contributed by atoms with E-state index in [1.54, 1.807) is 0 Å². The van der Waals surface area contributed by atoms with Crippen LogP contribution < -0.4 is 0 Å². The third-order valence-electron chi connectivity index (χ3n) is 3.62. The van der Waals surface area contributed by atoms with Crippen LogP contribution in [0.15, 0.2) is 16.8 Å². The molecule has 0 saturated carbocycles. The van der Waals surface area contributed by atoms with Crippen molar-refractivity contribution < 1.29 is 9.53 Å². The highest BCUT2D eigenvalue weighted by molar-refractivity contribution is 6.83. The second kappa shape index (κ2) is 6.52. The van der Waals surface area contributed by atoms with Crippen LogP contribution in [0, 0.1) is 11.5 Å². The van der Waals surface area contributed by atoms with E-state index in [0.29, 0.717) is 0 Å². The van der Waals surface area contributed by atoms with Crippen LogP contribution in [0.2, 0.25) is 19.6 Å². The van der Waals surface area contributed by atoms with Gasteiger partial charge in [0.2, 0.25) is 0 Å². The second-order valence-electron chi connectivity index (χ2n) is 8.28. The fraction of sp³-hybridized carbons (Fsp3) is 0.667. The molecule has 1 atom stereocenters. The Bertz CT molecular complexity index is 597. The zero-order chi connectivity index (χ0) is 17.3. The summed E-state index contributed by atoms with van der Waals surface area (Å²) in [7, 11) is -1.37. The number of carbonyl (C=O) groups excluding carboxylic acids is 1. The van der Waals surface area contributed by atoms with Crippen LogP contribution in [0.4, 0.5) is 4.79 Å². The average molecular weight is 333 g/mol. The van der Waals surface area contributed by atoms with Gasteiger partial charge in [-0.3, -0.25) is 9.89 Å². The van der Waals surface area contributed by atoms with E-state index in [2.05, 4.69) is 36.1 Å². The van der Waals surface area contributed by atoms with E-state index >= 15 is 0 Å². The van der Waals surface area contributed by atoms with E-state index in [0.717, 1.165) is 37.1 Å². The smallest absolute Gasteiger partial charge is 0.410 e. The summed E-state index contributed by atoms with van der Waals surface area (Å²) < 4.78 is 5.52. The highest BCUT2D eigenvalue weighted by Gasteiger charge is 2.35. The lowest BCUT2D eigenvalue weighted by Crippen LogP contribution is -2.43. The van der Waals surface area contributed by atoms with E-state index in [1.807, 2.05) is 31.9 Å². The van der Waals surface area contributed by atoms with Gasteiger partial charge in [-0.05, 0) is 33.6 Å².